The molecule has 24 heavy (non-hydrogen) atoms. The van der Waals surface area contributed by atoms with Gasteiger partial charge >= 0.3 is 6.61 Å². The highest BCUT2D eigenvalue weighted by Gasteiger charge is 2.16. The molecule has 126 valence electrons. The maximum Gasteiger partial charge on any atom is 0.387 e. The average molecular weight is 334 g/mol. The van der Waals surface area contributed by atoms with E-state index >= 15 is 0 Å². The molecule has 0 aliphatic carbocycles. The predicted molar refractivity (Wildman–Crippen MR) is 85.5 cm³/mol. The van der Waals surface area contributed by atoms with Gasteiger partial charge in [-0.05, 0) is 30.3 Å². The normalized spacial score (nSPS) is 10.4. The quantitative estimate of drug-likeness (QED) is 0.913. The number of amides is 2. The maximum atomic E-state index is 12.4. The molecule has 7 heteroatoms. The fraction of sp³-hybridized carbons (Fsp3) is 0.176. The molecule has 0 radical (unpaired) electrons. The summed E-state index contributed by atoms with van der Waals surface area (Å²) in [6, 6.07) is 12.0. The lowest BCUT2D eigenvalue weighted by Crippen LogP contribution is -2.22. The largest absolute Gasteiger partial charge is 0.434 e. The van der Waals surface area contributed by atoms with Gasteiger partial charge in [0.05, 0.1) is 5.56 Å². The van der Waals surface area contributed by atoms with Gasteiger partial charge in [0.1, 0.15) is 5.75 Å². The van der Waals surface area contributed by atoms with Crippen LogP contribution in [-0.2, 0) is 0 Å². The third-order valence-electron chi connectivity index (χ3n) is 3.12. The van der Waals surface area contributed by atoms with Crippen LogP contribution in [0.5, 0.6) is 5.75 Å². The van der Waals surface area contributed by atoms with E-state index < -0.39 is 12.5 Å². The fourth-order valence-electron chi connectivity index (χ4n) is 2.04. The summed E-state index contributed by atoms with van der Waals surface area (Å²) in [6.45, 7) is -3.03. The van der Waals surface area contributed by atoms with E-state index in [-0.39, 0.29) is 17.2 Å². The molecule has 0 unspecified atom stereocenters. The molecule has 0 fully saturated rings. The van der Waals surface area contributed by atoms with Crippen LogP contribution in [-0.4, -0.2) is 37.4 Å². The Morgan fingerprint density at radius 3 is 2.46 bits per heavy atom. The molecule has 0 saturated heterocycles. The Kier molecular flexibility index (Phi) is 5.47. The monoisotopic (exact) mass is 334 g/mol. The second kappa shape index (κ2) is 7.54. The van der Waals surface area contributed by atoms with E-state index in [1.54, 1.807) is 38.4 Å². The number of benzene rings is 2. The number of alkyl halides is 2. The van der Waals surface area contributed by atoms with Crippen LogP contribution in [0, 0.1) is 0 Å². The van der Waals surface area contributed by atoms with Crippen LogP contribution in [0.3, 0.4) is 0 Å². The molecular formula is C17H16F2N2O3. The van der Waals surface area contributed by atoms with E-state index in [2.05, 4.69) is 10.1 Å². The van der Waals surface area contributed by atoms with Crippen LogP contribution in [0.1, 0.15) is 20.7 Å². The zero-order valence-corrected chi connectivity index (χ0v) is 13.1. The molecule has 0 heterocycles. The standard InChI is InChI=1S/C17H16F2N2O3/c1-21(2)16(23)11-6-5-7-12(10-11)20-15(22)13-8-3-4-9-14(13)24-17(18)19/h3-10,17H,1-2H3,(H,20,22). The van der Waals surface area contributed by atoms with Crippen molar-refractivity contribution >= 4 is 17.5 Å². The minimum atomic E-state index is -3.03. The Hall–Kier alpha value is -2.96. The lowest BCUT2D eigenvalue weighted by Gasteiger charge is -2.13. The van der Waals surface area contributed by atoms with E-state index in [4.69, 9.17) is 0 Å². The van der Waals surface area contributed by atoms with Crippen molar-refractivity contribution in [3.8, 4) is 5.75 Å². The highest BCUT2D eigenvalue weighted by atomic mass is 19.3. The second-order valence-electron chi connectivity index (χ2n) is 5.11. The molecule has 0 saturated carbocycles. The Labute approximate surface area is 137 Å². The summed E-state index contributed by atoms with van der Waals surface area (Å²) in [4.78, 5) is 25.6. The third-order valence-corrected chi connectivity index (χ3v) is 3.12. The van der Waals surface area contributed by atoms with Crippen molar-refractivity contribution in [1.29, 1.82) is 0 Å². The van der Waals surface area contributed by atoms with Crippen LogP contribution in [0.25, 0.3) is 0 Å². The van der Waals surface area contributed by atoms with Gasteiger partial charge < -0.3 is 15.0 Å². The Bertz CT molecular complexity index is 748. The third kappa shape index (κ3) is 4.28. The molecular weight excluding hydrogens is 318 g/mol. The zero-order chi connectivity index (χ0) is 17.7. The van der Waals surface area contributed by atoms with Gasteiger partial charge in [0.25, 0.3) is 11.8 Å². The highest BCUT2D eigenvalue weighted by Crippen LogP contribution is 2.22. The molecule has 0 bridgehead atoms. The van der Waals surface area contributed by atoms with Gasteiger partial charge in [-0.25, -0.2) is 0 Å². The topological polar surface area (TPSA) is 58.6 Å². The number of halogens is 2. The highest BCUT2D eigenvalue weighted by molar-refractivity contribution is 6.06. The minimum absolute atomic E-state index is 0.0258. The minimum Gasteiger partial charge on any atom is -0.434 e. The number of anilines is 1. The maximum absolute atomic E-state index is 12.4. The first kappa shape index (κ1) is 17.4. The first-order valence-corrected chi connectivity index (χ1v) is 7.05. The Morgan fingerprint density at radius 1 is 1.08 bits per heavy atom. The van der Waals surface area contributed by atoms with Crippen LogP contribution in [0.2, 0.25) is 0 Å². The summed E-state index contributed by atoms with van der Waals surface area (Å²) >= 11 is 0. The van der Waals surface area contributed by atoms with E-state index in [9.17, 15) is 18.4 Å². The van der Waals surface area contributed by atoms with Crippen molar-refractivity contribution < 1.29 is 23.1 Å². The molecule has 2 aromatic carbocycles. The van der Waals surface area contributed by atoms with Gasteiger partial charge in [-0.2, -0.15) is 8.78 Å². The number of ether oxygens (including phenoxy) is 1. The van der Waals surface area contributed by atoms with Gasteiger partial charge in [0.15, 0.2) is 0 Å². The summed E-state index contributed by atoms with van der Waals surface area (Å²) in [5, 5.41) is 2.57. The van der Waals surface area contributed by atoms with Crippen LogP contribution >= 0.6 is 0 Å². The molecule has 0 aliphatic rings. The van der Waals surface area contributed by atoms with E-state index in [0.29, 0.717) is 11.3 Å². The molecule has 2 amide bonds. The van der Waals surface area contributed by atoms with Gasteiger partial charge in [-0.1, -0.05) is 18.2 Å². The number of carbonyl (C=O) groups excluding carboxylic acids is 2. The van der Waals surface area contributed by atoms with Crippen molar-refractivity contribution in [2.75, 3.05) is 19.4 Å². The van der Waals surface area contributed by atoms with Crippen LogP contribution in [0.15, 0.2) is 48.5 Å². The van der Waals surface area contributed by atoms with Gasteiger partial charge in [-0.3, -0.25) is 9.59 Å². The second-order valence-corrected chi connectivity index (χ2v) is 5.11. The van der Waals surface area contributed by atoms with Crippen molar-refractivity contribution in [2.24, 2.45) is 0 Å². The van der Waals surface area contributed by atoms with E-state index in [1.165, 1.54) is 29.2 Å². The SMILES string of the molecule is CN(C)C(=O)c1cccc(NC(=O)c2ccccc2OC(F)F)c1. The van der Waals surface area contributed by atoms with E-state index in [1.807, 2.05) is 0 Å². The first-order valence-electron chi connectivity index (χ1n) is 7.05. The van der Waals surface area contributed by atoms with Crippen molar-refractivity contribution in [2.45, 2.75) is 6.61 Å². The number of carbonyl (C=O) groups is 2. The van der Waals surface area contributed by atoms with Crippen molar-refractivity contribution in [1.82, 2.24) is 4.90 Å². The number of nitrogens with one attached hydrogen (secondary N) is 1. The molecule has 0 aromatic heterocycles. The average Bonchev–Trinajstić information content (AvgIpc) is 2.54. The number of para-hydroxylation sites is 1. The predicted octanol–water partition coefficient (Wildman–Crippen LogP) is 3.24. The van der Waals surface area contributed by atoms with Crippen LogP contribution < -0.4 is 10.1 Å². The Balaban J connectivity index is 2.22. The number of hydrogen-bond donors (Lipinski definition) is 1. The molecule has 2 rings (SSSR count). The number of nitrogens with zero attached hydrogens (tertiary/aromatic N) is 1. The first-order chi connectivity index (χ1) is 11.4. The summed E-state index contributed by atoms with van der Waals surface area (Å²) < 4.78 is 29.2. The van der Waals surface area contributed by atoms with Gasteiger partial charge in [0, 0.05) is 25.3 Å². The summed E-state index contributed by atoms with van der Waals surface area (Å²) in [6.07, 6.45) is 0. The Morgan fingerprint density at radius 2 is 1.79 bits per heavy atom. The zero-order valence-electron chi connectivity index (χ0n) is 13.1. The van der Waals surface area contributed by atoms with Crippen molar-refractivity contribution in [3.63, 3.8) is 0 Å². The number of rotatable bonds is 5. The fourth-order valence-corrected chi connectivity index (χ4v) is 2.04. The van der Waals surface area contributed by atoms with E-state index in [0.717, 1.165) is 0 Å². The summed E-state index contributed by atoms with van der Waals surface area (Å²) in [5.74, 6) is -1.04. The van der Waals surface area contributed by atoms with Gasteiger partial charge in [0.2, 0.25) is 0 Å². The molecule has 5 nitrogen and oxygen atoms in total. The lowest BCUT2D eigenvalue weighted by atomic mass is 10.1. The summed E-state index contributed by atoms with van der Waals surface area (Å²) in [7, 11) is 3.23. The smallest absolute Gasteiger partial charge is 0.387 e. The van der Waals surface area contributed by atoms with Crippen molar-refractivity contribution in [3.05, 3.63) is 59.7 Å². The molecule has 0 spiro atoms. The molecule has 1 N–H and O–H groups in total. The molecule has 0 aliphatic heterocycles. The van der Waals surface area contributed by atoms with Crippen LogP contribution in [0.4, 0.5) is 14.5 Å². The summed E-state index contributed by atoms with van der Waals surface area (Å²) in [5.41, 5.74) is 0.747. The van der Waals surface area contributed by atoms with Gasteiger partial charge in [-0.15, -0.1) is 0 Å². The molecule has 0 atom stereocenters. The molecule has 2 aromatic rings. The lowest BCUT2D eigenvalue weighted by molar-refractivity contribution is -0.0501. The number of hydrogen-bond acceptors (Lipinski definition) is 3.